The summed E-state index contributed by atoms with van der Waals surface area (Å²) in [4.78, 5) is 24.7. The molecule has 0 saturated heterocycles. The van der Waals surface area contributed by atoms with Crippen molar-refractivity contribution in [1.82, 2.24) is 5.32 Å². The van der Waals surface area contributed by atoms with Gasteiger partial charge in [0.25, 0.3) is 0 Å². The van der Waals surface area contributed by atoms with E-state index in [1.807, 2.05) is 6.07 Å². The average Bonchev–Trinajstić information content (AvgIpc) is 2.78. The van der Waals surface area contributed by atoms with Crippen LogP contribution in [0.5, 0.6) is 0 Å². The van der Waals surface area contributed by atoms with Gasteiger partial charge in [-0.2, -0.15) is 0 Å². The van der Waals surface area contributed by atoms with Crippen LogP contribution in [0.1, 0.15) is 16.8 Å². The maximum atomic E-state index is 12.4. The van der Waals surface area contributed by atoms with Gasteiger partial charge in [0.15, 0.2) is 16.4 Å². The summed E-state index contributed by atoms with van der Waals surface area (Å²) in [6, 6.07) is 8.93. The number of carbonyl (C=O) groups excluding carboxylic acids is 2. The first-order valence-corrected chi connectivity index (χ1v) is 7.12. The fourth-order valence-corrected chi connectivity index (χ4v) is 3.50. The summed E-state index contributed by atoms with van der Waals surface area (Å²) < 4.78 is 0. The van der Waals surface area contributed by atoms with Gasteiger partial charge in [0.2, 0.25) is 0 Å². The molecule has 0 amide bonds. The molecular weight excluding hydrogens is 282 g/mol. The lowest BCUT2D eigenvalue weighted by Crippen LogP contribution is -2.22. The van der Waals surface area contributed by atoms with Crippen molar-refractivity contribution in [2.75, 3.05) is 0 Å². The monoisotopic (exact) mass is 291 g/mol. The number of hydrogen-bond acceptors (Lipinski definition) is 4. The second-order valence-electron chi connectivity index (χ2n) is 4.27. The molecule has 3 nitrogen and oxygen atoms in total. The summed E-state index contributed by atoms with van der Waals surface area (Å²) in [6.45, 7) is 0. The number of carbonyl (C=O) groups is 2. The number of nitrogens with one attached hydrogen (secondary N) is 1. The summed E-state index contributed by atoms with van der Waals surface area (Å²) in [5, 5.41) is 3.04. The molecule has 0 fully saturated rings. The molecule has 3 rings (SSSR count). The predicted octanol–water partition coefficient (Wildman–Crippen LogP) is 2.84. The maximum Gasteiger partial charge on any atom is 0.195 e. The Morgan fingerprint density at radius 2 is 2.05 bits per heavy atom. The third kappa shape index (κ3) is 2.33. The highest BCUT2D eigenvalue weighted by atomic mass is 35.5. The van der Waals surface area contributed by atoms with E-state index in [1.54, 1.807) is 24.3 Å². The van der Waals surface area contributed by atoms with Crippen molar-refractivity contribution in [2.45, 2.75) is 11.3 Å². The molecule has 1 heterocycles. The summed E-state index contributed by atoms with van der Waals surface area (Å²) >= 11 is 7.40. The zero-order valence-corrected chi connectivity index (χ0v) is 11.4. The van der Waals surface area contributed by atoms with E-state index < -0.39 is 0 Å². The molecule has 1 aromatic carbocycles. The predicted molar refractivity (Wildman–Crippen MR) is 75.9 cm³/mol. The number of alkyl halides is 1. The Balaban J connectivity index is 1.99. The third-order valence-corrected chi connectivity index (χ3v) is 4.31. The van der Waals surface area contributed by atoms with Gasteiger partial charge < -0.3 is 5.32 Å². The number of allylic oxidation sites excluding steroid dienone is 3. The molecular formula is C14H10ClNO2S. The number of halogens is 1. The van der Waals surface area contributed by atoms with Crippen molar-refractivity contribution in [1.29, 1.82) is 0 Å². The molecule has 1 aliphatic carbocycles. The van der Waals surface area contributed by atoms with Gasteiger partial charge in [0, 0.05) is 16.9 Å². The molecule has 1 atom stereocenters. The molecule has 2 aliphatic rings. The van der Waals surface area contributed by atoms with Crippen LogP contribution in [0, 0.1) is 0 Å². The molecule has 0 aromatic heterocycles. The van der Waals surface area contributed by atoms with Gasteiger partial charge in [0.1, 0.15) is 0 Å². The minimum atomic E-state index is -0.317. The Bertz CT molecular complexity index is 622. The number of thioether (sulfide) groups is 1. The summed E-state index contributed by atoms with van der Waals surface area (Å²) in [7, 11) is 0. The quantitative estimate of drug-likeness (QED) is 0.517. The molecule has 1 N–H and O–H groups in total. The molecule has 96 valence electrons. The normalized spacial score (nSPS) is 21.8. The Kier molecular flexibility index (Phi) is 3.21. The third-order valence-electron chi connectivity index (χ3n) is 2.97. The van der Waals surface area contributed by atoms with Crippen LogP contribution in [0.15, 0.2) is 52.6 Å². The SMILES string of the molecule is O=C1C=C(C(=O)c2ccccc2)C2=C(C1)SC(Cl)N2. The summed E-state index contributed by atoms with van der Waals surface area (Å²) in [6.07, 6.45) is 1.73. The van der Waals surface area contributed by atoms with Crippen LogP contribution in [0.3, 0.4) is 0 Å². The molecule has 19 heavy (non-hydrogen) atoms. The van der Waals surface area contributed by atoms with Crippen molar-refractivity contribution in [3.8, 4) is 0 Å². The van der Waals surface area contributed by atoms with Crippen LogP contribution in [-0.2, 0) is 4.79 Å². The number of Topliss-reactive ketones (excluding diaryl/α,β-unsaturated/α-hetero) is 1. The van der Waals surface area contributed by atoms with Gasteiger partial charge in [-0.15, -0.1) is 0 Å². The van der Waals surface area contributed by atoms with E-state index in [1.165, 1.54) is 17.8 Å². The fourth-order valence-electron chi connectivity index (χ4n) is 2.13. The Morgan fingerprint density at radius 1 is 1.32 bits per heavy atom. The minimum Gasteiger partial charge on any atom is -0.359 e. The van der Waals surface area contributed by atoms with Crippen LogP contribution in [0.25, 0.3) is 0 Å². The van der Waals surface area contributed by atoms with Crippen LogP contribution in [-0.4, -0.2) is 16.4 Å². The molecule has 5 heteroatoms. The summed E-state index contributed by atoms with van der Waals surface area (Å²) in [5.74, 6) is -0.210. The number of hydrogen-bond donors (Lipinski definition) is 1. The molecule has 0 bridgehead atoms. The Hall–Kier alpha value is -1.52. The van der Waals surface area contributed by atoms with E-state index in [0.717, 1.165) is 4.91 Å². The van der Waals surface area contributed by atoms with E-state index >= 15 is 0 Å². The molecule has 1 aliphatic heterocycles. The number of benzene rings is 1. The highest BCUT2D eigenvalue weighted by Gasteiger charge is 2.32. The average molecular weight is 292 g/mol. The molecule has 1 unspecified atom stereocenters. The van der Waals surface area contributed by atoms with E-state index in [0.29, 0.717) is 23.3 Å². The van der Waals surface area contributed by atoms with E-state index in [2.05, 4.69) is 5.32 Å². The van der Waals surface area contributed by atoms with Crippen molar-refractivity contribution in [2.24, 2.45) is 0 Å². The van der Waals surface area contributed by atoms with Crippen molar-refractivity contribution >= 4 is 34.9 Å². The lowest BCUT2D eigenvalue weighted by molar-refractivity contribution is -0.114. The van der Waals surface area contributed by atoms with Gasteiger partial charge in [-0.25, -0.2) is 0 Å². The fraction of sp³-hybridized carbons (Fsp3) is 0.143. The smallest absolute Gasteiger partial charge is 0.195 e. The van der Waals surface area contributed by atoms with Gasteiger partial charge in [-0.1, -0.05) is 53.7 Å². The highest BCUT2D eigenvalue weighted by molar-refractivity contribution is 8.05. The molecule has 1 aromatic rings. The second-order valence-corrected chi connectivity index (χ2v) is 6.17. The van der Waals surface area contributed by atoms with Gasteiger partial charge >= 0.3 is 0 Å². The van der Waals surface area contributed by atoms with Gasteiger partial charge in [-0.05, 0) is 6.08 Å². The van der Waals surface area contributed by atoms with E-state index in [9.17, 15) is 9.59 Å². The van der Waals surface area contributed by atoms with Crippen LogP contribution < -0.4 is 5.32 Å². The van der Waals surface area contributed by atoms with Crippen molar-refractivity contribution in [3.63, 3.8) is 0 Å². The van der Waals surface area contributed by atoms with E-state index in [4.69, 9.17) is 11.6 Å². The van der Waals surface area contributed by atoms with Crippen LogP contribution >= 0.6 is 23.4 Å². The topological polar surface area (TPSA) is 46.2 Å². The van der Waals surface area contributed by atoms with Crippen LogP contribution in [0.4, 0.5) is 0 Å². The van der Waals surface area contributed by atoms with E-state index in [-0.39, 0.29) is 16.4 Å². The highest BCUT2D eigenvalue weighted by Crippen LogP contribution is 2.40. The first-order chi connectivity index (χ1) is 9.15. The van der Waals surface area contributed by atoms with Crippen molar-refractivity contribution < 1.29 is 9.59 Å². The molecule has 0 spiro atoms. The summed E-state index contributed by atoms with van der Waals surface area (Å²) in [5.41, 5.74) is 1.69. The Labute approximate surface area is 119 Å². The standard InChI is InChI=1S/C14H10ClNO2S/c15-14-16-12-10(6-9(17)7-11(12)19-14)13(18)8-4-2-1-3-5-8/h1-6,14,16H,7H2. The number of ketones is 2. The first kappa shape index (κ1) is 12.5. The van der Waals surface area contributed by atoms with Crippen LogP contribution in [0.2, 0.25) is 0 Å². The minimum absolute atomic E-state index is 0.0573. The Morgan fingerprint density at radius 3 is 2.79 bits per heavy atom. The maximum absolute atomic E-state index is 12.4. The largest absolute Gasteiger partial charge is 0.359 e. The van der Waals surface area contributed by atoms with Gasteiger partial charge in [0.05, 0.1) is 11.3 Å². The lowest BCUT2D eigenvalue weighted by Gasteiger charge is -2.14. The van der Waals surface area contributed by atoms with Crippen molar-refractivity contribution in [3.05, 3.63) is 58.1 Å². The lowest BCUT2D eigenvalue weighted by atomic mass is 9.95. The molecule has 0 saturated carbocycles. The zero-order chi connectivity index (χ0) is 13.4. The zero-order valence-electron chi connectivity index (χ0n) is 9.85. The number of rotatable bonds is 2. The molecule has 0 radical (unpaired) electrons. The second kappa shape index (κ2) is 4.87. The first-order valence-electron chi connectivity index (χ1n) is 5.80. The van der Waals surface area contributed by atoms with Gasteiger partial charge in [-0.3, -0.25) is 9.59 Å².